The summed E-state index contributed by atoms with van der Waals surface area (Å²) in [6, 6.07) is 7.98. The maximum absolute atomic E-state index is 5.23. The fourth-order valence-electron chi connectivity index (χ4n) is 1.91. The van der Waals surface area contributed by atoms with Gasteiger partial charge < -0.3 is 9.51 Å². The lowest BCUT2D eigenvalue weighted by Crippen LogP contribution is -1.88. The van der Waals surface area contributed by atoms with Crippen molar-refractivity contribution in [2.45, 2.75) is 37.1 Å². The van der Waals surface area contributed by atoms with Crippen molar-refractivity contribution in [2.24, 2.45) is 0 Å². The van der Waals surface area contributed by atoms with Gasteiger partial charge in [-0.3, -0.25) is 0 Å². The molecule has 3 aromatic rings. The van der Waals surface area contributed by atoms with Crippen LogP contribution in [0, 0.1) is 0 Å². The van der Waals surface area contributed by atoms with Crippen molar-refractivity contribution in [3.63, 3.8) is 0 Å². The van der Waals surface area contributed by atoms with Crippen LogP contribution in [-0.2, 0) is 12.2 Å². The van der Waals surface area contributed by atoms with E-state index in [-0.39, 0.29) is 0 Å². The molecule has 0 aliphatic rings. The van der Waals surface area contributed by atoms with Gasteiger partial charge in [0.1, 0.15) is 0 Å². The van der Waals surface area contributed by atoms with E-state index in [1.807, 2.05) is 24.3 Å². The van der Waals surface area contributed by atoms with Crippen LogP contribution in [-0.4, -0.2) is 20.1 Å². The first-order valence-electron chi connectivity index (χ1n) is 6.74. The number of hydrogen-bond donors (Lipinski definition) is 1. The Balaban J connectivity index is 1.62. The number of para-hydroxylation sites is 2. The second-order valence-electron chi connectivity index (χ2n) is 4.56. The average Bonchev–Trinajstić information content (AvgIpc) is 3.09. The highest BCUT2D eigenvalue weighted by Gasteiger charge is 2.08. The minimum atomic E-state index is 0.638. The zero-order chi connectivity index (χ0) is 13.8. The van der Waals surface area contributed by atoms with Crippen LogP contribution in [0.15, 0.2) is 33.9 Å². The minimum Gasteiger partial charge on any atom is -0.338 e. The number of fused-ring (bicyclic) bond motifs is 1. The van der Waals surface area contributed by atoms with Crippen LogP contribution < -0.4 is 0 Å². The van der Waals surface area contributed by atoms with Crippen LogP contribution in [0.5, 0.6) is 0 Å². The number of nitrogens with one attached hydrogen (secondary N) is 1. The van der Waals surface area contributed by atoms with Gasteiger partial charge in [-0.25, -0.2) is 4.98 Å². The molecule has 0 spiro atoms. The maximum atomic E-state index is 5.23. The molecule has 1 aromatic carbocycles. The number of imidazole rings is 1. The highest BCUT2D eigenvalue weighted by Crippen LogP contribution is 2.22. The number of hydrogen-bond acceptors (Lipinski definition) is 5. The second-order valence-corrected chi connectivity index (χ2v) is 5.52. The van der Waals surface area contributed by atoms with Gasteiger partial charge in [0.05, 0.1) is 16.8 Å². The highest BCUT2D eigenvalue weighted by atomic mass is 32.2. The topological polar surface area (TPSA) is 67.6 Å². The summed E-state index contributed by atoms with van der Waals surface area (Å²) in [4.78, 5) is 12.1. The molecule has 5 nitrogen and oxygen atoms in total. The van der Waals surface area contributed by atoms with Crippen molar-refractivity contribution in [2.75, 3.05) is 0 Å². The summed E-state index contributed by atoms with van der Waals surface area (Å²) in [7, 11) is 0. The van der Waals surface area contributed by atoms with Gasteiger partial charge in [-0.1, -0.05) is 42.4 Å². The number of thioether (sulfide) groups is 1. The zero-order valence-corrected chi connectivity index (χ0v) is 12.1. The summed E-state index contributed by atoms with van der Waals surface area (Å²) < 4.78 is 5.23. The number of aromatic amines is 1. The summed E-state index contributed by atoms with van der Waals surface area (Å²) in [5, 5.41) is 4.85. The largest absolute Gasteiger partial charge is 0.338 e. The van der Waals surface area contributed by atoms with Gasteiger partial charge >= 0.3 is 0 Å². The average molecular weight is 288 g/mol. The zero-order valence-electron chi connectivity index (χ0n) is 11.3. The van der Waals surface area contributed by atoms with Gasteiger partial charge in [0.25, 0.3) is 0 Å². The highest BCUT2D eigenvalue weighted by molar-refractivity contribution is 7.98. The van der Waals surface area contributed by atoms with Crippen LogP contribution in [0.1, 0.15) is 31.5 Å². The third-order valence-electron chi connectivity index (χ3n) is 2.96. The molecule has 0 saturated heterocycles. The molecule has 0 radical (unpaired) electrons. The monoisotopic (exact) mass is 288 g/mol. The third kappa shape index (κ3) is 3.01. The molecular weight excluding hydrogens is 272 g/mol. The normalized spacial score (nSPS) is 11.2. The summed E-state index contributed by atoms with van der Waals surface area (Å²) in [5.41, 5.74) is 2.02. The molecule has 0 aliphatic carbocycles. The molecule has 2 aromatic heterocycles. The molecule has 0 fully saturated rings. The summed E-state index contributed by atoms with van der Waals surface area (Å²) >= 11 is 1.57. The lowest BCUT2D eigenvalue weighted by Gasteiger charge is -1.91. The van der Waals surface area contributed by atoms with Crippen LogP contribution in [0.25, 0.3) is 11.0 Å². The Bertz CT molecular complexity index is 658. The Morgan fingerprint density at radius 3 is 3.00 bits per heavy atom. The Labute approximate surface area is 121 Å². The van der Waals surface area contributed by atoms with E-state index in [2.05, 4.69) is 27.0 Å². The fraction of sp³-hybridized carbons (Fsp3) is 0.357. The molecule has 0 amide bonds. The van der Waals surface area contributed by atoms with Gasteiger partial charge in [0.15, 0.2) is 11.0 Å². The second kappa shape index (κ2) is 6.09. The van der Waals surface area contributed by atoms with E-state index < -0.39 is 0 Å². The molecular formula is C14H16N4OS. The van der Waals surface area contributed by atoms with E-state index >= 15 is 0 Å². The number of rotatable bonds is 6. The van der Waals surface area contributed by atoms with E-state index in [9.17, 15) is 0 Å². The predicted molar refractivity (Wildman–Crippen MR) is 78.6 cm³/mol. The van der Waals surface area contributed by atoms with Crippen molar-refractivity contribution in [1.82, 2.24) is 20.1 Å². The van der Waals surface area contributed by atoms with E-state index in [0.717, 1.165) is 41.3 Å². The summed E-state index contributed by atoms with van der Waals surface area (Å²) in [5.74, 6) is 2.09. The van der Waals surface area contributed by atoms with Crippen LogP contribution >= 0.6 is 11.8 Å². The number of unbranched alkanes of at least 4 members (excludes halogenated alkanes) is 1. The molecule has 0 saturated carbocycles. The van der Waals surface area contributed by atoms with E-state index in [1.54, 1.807) is 11.8 Å². The van der Waals surface area contributed by atoms with E-state index in [0.29, 0.717) is 11.6 Å². The van der Waals surface area contributed by atoms with Gasteiger partial charge in [-0.05, 0) is 18.6 Å². The molecule has 1 N–H and O–H groups in total. The Morgan fingerprint density at radius 1 is 1.25 bits per heavy atom. The number of benzene rings is 1. The summed E-state index contributed by atoms with van der Waals surface area (Å²) in [6.45, 7) is 2.15. The quantitative estimate of drug-likeness (QED) is 0.702. The first kappa shape index (κ1) is 13.2. The number of nitrogens with zero attached hydrogens (tertiary/aromatic N) is 3. The molecule has 0 bridgehead atoms. The molecule has 3 rings (SSSR count). The smallest absolute Gasteiger partial charge is 0.237 e. The first-order valence-corrected chi connectivity index (χ1v) is 7.72. The lowest BCUT2D eigenvalue weighted by molar-refractivity contribution is 0.384. The summed E-state index contributed by atoms with van der Waals surface area (Å²) in [6.07, 6.45) is 3.11. The fourth-order valence-corrected chi connectivity index (χ4v) is 2.64. The van der Waals surface area contributed by atoms with E-state index in [1.165, 1.54) is 0 Å². The molecule has 2 heterocycles. The SMILES string of the molecule is CCCCc1noc(CSc2nc3ccccc3[nH]2)n1. The number of aromatic nitrogens is 4. The van der Waals surface area contributed by atoms with Gasteiger partial charge in [0.2, 0.25) is 5.89 Å². The Morgan fingerprint density at radius 2 is 2.15 bits per heavy atom. The van der Waals surface area contributed by atoms with E-state index in [4.69, 9.17) is 4.52 Å². The van der Waals surface area contributed by atoms with Crippen LogP contribution in [0.2, 0.25) is 0 Å². The Kier molecular flexibility index (Phi) is 4.01. The minimum absolute atomic E-state index is 0.638. The number of H-pyrrole nitrogens is 1. The molecule has 0 unspecified atom stereocenters. The van der Waals surface area contributed by atoms with Gasteiger partial charge in [0, 0.05) is 6.42 Å². The lowest BCUT2D eigenvalue weighted by atomic mass is 10.2. The maximum Gasteiger partial charge on any atom is 0.237 e. The predicted octanol–water partition coefficient (Wildman–Crippen LogP) is 3.58. The van der Waals surface area contributed by atoms with Crippen molar-refractivity contribution < 1.29 is 4.52 Å². The molecule has 6 heteroatoms. The van der Waals surface area contributed by atoms with Crippen molar-refractivity contribution in [1.29, 1.82) is 0 Å². The van der Waals surface area contributed by atoms with Gasteiger partial charge in [-0.2, -0.15) is 4.98 Å². The molecule has 20 heavy (non-hydrogen) atoms. The number of aryl methyl sites for hydroxylation is 1. The van der Waals surface area contributed by atoms with Crippen LogP contribution in [0.3, 0.4) is 0 Å². The van der Waals surface area contributed by atoms with Gasteiger partial charge in [-0.15, -0.1) is 0 Å². The Hall–Kier alpha value is -1.82. The molecule has 0 atom stereocenters. The van der Waals surface area contributed by atoms with Crippen molar-refractivity contribution >= 4 is 22.8 Å². The molecule has 104 valence electrons. The standard InChI is InChI=1S/C14H16N4OS/c1-2-3-8-12-17-13(19-18-12)9-20-14-15-10-6-4-5-7-11(10)16-14/h4-7H,2-3,8-9H2,1H3,(H,15,16). The molecule has 0 aliphatic heterocycles. The van der Waals surface area contributed by atoms with Crippen molar-refractivity contribution in [3.8, 4) is 0 Å². The third-order valence-corrected chi connectivity index (χ3v) is 3.82. The van der Waals surface area contributed by atoms with Crippen LogP contribution in [0.4, 0.5) is 0 Å². The first-order chi connectivity index (χ1) is 9.85. The van der Waals surface area contributed by atoms with Crippen molar-refractivity contribution in [3.05, 3.63) is 36.0 Å².